The minimum Gasteiger partial charge on any atom is -0.467 e. The van der Waals surface area contributed by atoms with Gasteiger partial charge in [0.05, 0.1) is 18.9 Å². The first-order chi connectivity index (χ1) is 15.1. The summed E-state index contributed by atoms with van der Waals surface area (Å²) in [5.74, 6) is 1.54. The average Bonchev–Trinajstić information content (AvgIpc) is 3.54. The number of ether oxygens (including phenoxy) is 3. The summed E-state index contributed by atoms with van der Waals surface area (Å²) in [5.41, 5.74) is 0.474. The molecule has 0 bridgehead atoms. The third-order valence-corrected chi connectivity index (χ3v) is 5.45. The molecule has 1 atom stereocenters. The van der Waals surface area contributed by atoms with Gasteiger partial charge in [0.25, 0.3) is 5.91 Å². The van der Waals surface area contributed by atoms with Crippen LogP contribution in [0.3, 0.4) is 0 Å². The van der Waals surface area contributed by atoms with E-state index in [4.69, 9.17) is 18.6 Å². The van der Waals surface area contributed by atoms with Crippen LogP contribution in [0.4, 0.5) is 0 Å². The van der Waals surface area contributed by atoms with Crippen LogP contribution in [0.15, 0.2) is 41.0 Å². The molecular weight excluding hydrogens is 400 g/mol. The Balaban J connectivity index is 1.47. The molecule has 0 saturated carbocycles. The highest BCUT2D eigenvalue weighted by molar-refractivity contribution is 5.97. The quantitative estimate of drug-likeness (QED) is 0.611. The van der Waals surface area contributed by atoms with Crippen molar-refractivity contribution in [1.82, 2.24) is 9.80 Å². The molecule has 1 aromatic heterocycles. The molecule has 0 aliphatic carbocycles. The van der Waals surface area contributed by atoms with Gasteiger partial charge in [0.1, 0.15) is 12.3 Å². The minimum absolute atomic E-state index is 0.00541. The zero-order valence-electron chi connectivity index (χ0n) is 17.7. The van der Waals surface area contributed by atoms with E-state index in [0.717, 1.165) is 25.9 Å². The number of nitrogens with zero attached hydrogens (tertiary/aromatic N) is 2. The Morgan fingerprint density at radius 1 is 1.13 bits per heavy atom. The van der Waals surface area contributed by atoms with Gasteiger partial charge >= 0.3 is 0 Å². The third kappa shape index (κ3) is 5.19. The van der Waals surface area contributed by atoms with E-state index in [2.05, 4.69) is 0 Å². The molecule has 2 aromatic rings. The predicted octanol–water partition coefficient (Wildman–Crippen LogP) is 3.07. The molecule has 0 N–H and O–H groups in total. The fourth-order valence-corrected chi connectivity index (χ4v) is 3.88. The minimum atomic E-state index is -0.205. The Labute approximate surface area is 181 Å². The molecule has 2 aliphatic heterocycles. The molecule has 0 radical (unpaired) electrons. The van der Waals surface area contributed by atoms with E-state index in [9.17, 15) is 9.59 Å². The van der Waals surface area contributed by atoms with Crippen molar-refractivity contribution in [3.63, 3.8) is 0 Å². The lowest BCUT2D eigenvalue weighted by Gasteiger charge is -2.28. The van der Waals surface area contributed by atoms with E-state index in [1.165, 1.54) is 0 Å². The fourth-order valence-electron chi connectivity index (χ4n) is 3.88. The number of carbonyl (C=O) groups excluding carboxylic acids is 2. The molecule has 8 heteroatoms. The Morgan fingerprint density at radius 3 is 2.74 bits per heavy atom. The highest BCUT2D eigenvalue weighted by Gasteiger charge is 2.27. The summed E-state index contributed by atoms with van der Waals surface area (Å²) in [4.78, 5) is 29.7. The molecule has 8 nitrogen and oxygen atoms in total. The van der Waals surface area contributed by atoms with Crippen LogP contribution >= 0.6 is 0 Å². The molecule has 0 unspecified atom stereocenters. The van der Waals surface area contributed by atoms with Crippen LogP contribution < -0.4 is 9.47 Å². The fraction of sp³-hybridized carbons (Fsp3) is 0.478. The van der Waals surface area contributed by atoms with E-state index >= 15 is 0 Å². The van der Waals surface area contributed by atoms with E-state index in [-0.39, 0.29) is 31.3 Å². The van der Waals surface area contributed by atoms with Crippen LogP contribution in [0, 0.1) is 0 Å². The number of fused-ring (bicyclic) bond motifs is 1. The van der Waals surface area contributed by atoms with Crippen LogP contribution in [-0.4, -0.2) is 60.8 Å². The van der Waals surface area contributed by atoms with Gasteiger partial charge in [-0.25, -0.2) is 0 Å². The summed E-state index contributed by atoms with van der Waals surface area (Å²) in [6.07, 6.45) is 4.28. The van der Waals surface area contributed by atoms with Crippen molar-refractivity contribution in [2.75, 3.05) is 33.0 Å². The molecular formula is C23H28N2O6. The number of hydrogen-bond donors (Lipinski definition) is 0. The van der Waals surface area contributed by atoms with Crippen LogP contribution in [0.25, 0.3) is 0 Å². The first-order valence-corrected chi connectivity index (χ1v) is 10.7. The summed E-state index contributed by atoms with van der Waals surface area (Å²) < 4.78 is 21.9. The molecule has 1 aromatic carbocycles. The highest BCUT2D eigenvalue weighted by atomic mass is 16.7. The first kappa shape index (κ1) is 21.2. The first-order valence-electron chi connectivity index (χ1n) is 10.7. The summed E-state index contributed by atoms with van der Waals surface area (Å²) in [6.45, 7) is 4.16. The smallest absolute Gasteiger partial charge is 0.254 e. The van der Waals surface area contributed by atoms with Crippen molar-refractivity contribution in [2.45, 2.75) is 38.8 Å². The van der Waals surface area contributed by atoms with Gasteiger partial charge in [-0.2, -0.15) is 0 Å². The molecule has 2 amide bonds. The van der Waals surface area contributed by atoms with Crippen molar-refractivity contribution in [2.24, 2.45) is 0 Å². The van der Waals surface area contributed by atoms with Gasteiger partial charge in [-0.3, -0.25) is 9.59 Å². The Hall–Kier alpha value is -3.00. The predicted molar refractivity (Wildman–Crippen MR) is 112 cm³/mol. The monoisotopic (exact) mass is 428 g/mol. The van der Waals surface area contributed by atoms with Gasteiger partial charge in [0.15, 0.2) is 11.5 Å². The van der Waals surface area contributed by atoms with E-state index < -0.39 is 0 Å². The van der Waals surface area contributed by atoms with Crippen molar-refractivity contribution in [3.05, 3.63) is 47.9 Å². The molecule has 0 spiro atoms. The standard InChI is InChI=1S/C23H28N2O6/c1-2-9-24(23(27)17-7-8-20-21(12-17)31-16-30-20)15-22(26)25(13-18-5-3-10-28-18)14-19-6-4-11-29-19/h3,5,7-8,10,12,19H,2,4,6,9,11,13-16H2,1H3/t19-/m1/s1. The average molecular weight is 428 g/mol. The Bertz CT molecular complexity index is 891. The molecule has 2 aliphatic rings. The Kier molecular flexibility index (Phi) is 6.76. The number of carbonyl (C=O) groups is 2. The normalized spacial score (nSPS) is 17.0. The maximum absolute atomic E-state index is 13.3. The van der Waals surface area contributed by atoms with Gasteiger partial charge in [-0.05, 0) is 49.6 Å². The summed E-state index contributed by atoms with van der Waals surface area (Å²) in [7, 11) is 0. The van der Waals surface area contributed by atoms with Crippen LogP contribution in [-0.2, 0) is 16.1 Å². The zero-order chi connectivity index (χ0) is 21.6. The van der Waals surface area contributed by atoms with Crippen molar-refractivity contribution < 1.29 is 28.2 Å². The van der Waals surface area contributed by atoms with Gasteiger partial charge in [0.2, 0.25) is 12.7 Å². The maximum atomic E-state index is 13.3. The summed E-state index contributed by atoms with van der Waals surface area (Å²) in [6, 6.07) is 8.75. The second kappa shape index (κ2) is 9.87. The van der Waals surface area contributed by atoms with Crippen molar-refractivity contribution >= 4 is 11.8 Å². The molecule has 4 rings (SSSR count). The van der Waals surface area contributed by atoms with Gasteiger partial charge in [0, 0.05) is 25.3 Å². The van der Waals surface area contributed by atoms with Crippen molar-refractivity contribution in [3.8, 4) is 11.5 Å². The second-order valence-electron chi connectivity index (χ2n) is 7.78. The van der Waals surface area contributed by atoms with E-state index in [1.54, 1.807) is 40.3 Å². The van der Waals surface area contributed by atoms with Gasteiger partial charge < -0.3 is 28.4 Å². The largest absolute Gasteiger partial charge is 0.467 e. The number of amides is 2. The van der Waals surface area contributed by atoms with Gasteiger partial charge in [-0.15, -0.1) is 0 Å². The van der Waals surface area contributed by atoms with Crippen LogP contribution in [0.5, 0.6) is 11.5 Å². The van der Waals surface area contributed by atoms with Crippen molar-refractivity contribution in [1.29, 1.82) is 0 Å². The highest BCUT2D eigenvalue weighted by Crippen LogP contribution is 2.32. The molecule has 1 saturated heterocycles. The topological polar surface area (TPSA) is 81.5 Å². The molecule has 166 valence electrons. The Morgan fingerprint density at radius 2 is 2.00 bits per heavy atom. The van der Waals surface area contributed by atoms with Crippen LogP contribution in [0.1, 0.15) is 42.3 Å². The second-order valence-corrected chi connectivity index (χ2v) is 7.78. The summed E-state index contributed by atoms with van der Waals surface area (Å²) >= 11 is 0. The lowest BCUT2D eigenvalue weighted by atomic mass is 10.1. The molecule has 31 heavy (non-hydrogen) atoms. The van der Waals surface area contributed by atoms with Gasteiger partial charge in [-0.1, -0.05) is 6.92 Å². The number of hydrogen-bond acceptors (Lipinski definition) is 6. The molecule has 3 heterocycles. The summed E-state index contributed by atoms with van der Waals surface area (Å²) in [5, 5.41) is 0. The number of benzene rings is 1. The van der Waals surface area contributed by atoms with E-state index in [1.807, 2.05) is 13.0 Å². The maximum Gasteiger partial charge on any atom is 0.254 e. The van der Waals surface area contributed by atoms with Crippen LogP contribution in [0.2, 0.25) is 0 Å². The zero-order valence-corrected chi connectivity index (χ0v) is 17.7. The lowest BCUT2D eigenvalue weighted by molar-refractivity contribution is -0.134. The SMILES string of the molecule is CCCN(CC(=O)N(Cc1ccco1)C[C@H]1CCCO1)C(=O)c1ccc2c(c1)OCO2. The molecule has 1 fully saturated rings. The number of rotatable bonds is 9. The lowest BCUT2D eigenvalue weighted by Crippen LogP contribution is -2.45. The third-order valence-electron chi connectivity index (χ3n) is 5.45. The van der Waals surface area contributed by atoms with E-state index in [0.29, 0.717) is 42.5 Å². The number of furan rings is 1.